The molecule has 0 amide bonds. The van der Waals surface area contributed by atoms with E-state index in [9.17, 15) is 4.39 Å². The van der Waals surface area contributed by atoms with E-state index in [0.29, 0.717) is 6.61 Å². The van der Waals surface area contributed by atoms with E-state index in [1.54, 1.807) is 0 Å². The zero-order valence-corrected chi connectivity index (χ0v) is 9.20. The smallest absolute Gasteiger partial charge is 0.184 e. The van der Waals surface area contributed by atoms with E-state index >= 15 is 0 Å². The highest BCUT2D eigenvalue weighted by molar-refractivity contribution is 5.13. The molecule has 1 aromatic rings. The maximum Gasteiger partial charge on any atom is 0.184 e. The Bertz CT molecular complexity index is 346. The van der Waals surface area contributed by atoms with Gasteiger partial charge in [-0.25, -0.2) is 4.39 Å². The van der Waals surface area contributed by atoms with Gasteiger partial charge in [0.05, 0.1) is 13.2 Å². The lowest BCUT2D eigenvalue weighted by Gasteiger charge is -2.12. The minimum atomic E-state index is -1.61. The van der Waals surface area contributed by atoms with Crippen molar-refractivity contribution in [1.29, 1.82) is 0 Å². The quantitative estimate of drug-likeness (QED) is 0.812. The Kier molecular flexibility index (Phi) is 4.06. The number of rotatable bonds is 4. The zero-order chi connectivity index (χ0) is 12.3. The third-order valence-corrected chi connectivity index (χ3v) is 2.68. The van der Waals surface area contributed by atoms with Gasteiger partial charge in [0.15, 0.2) is 12.5 Å². The Hall–Kier alpha value is -1.01. The van der Waals surface area contributed by atoms with Crippen molar-refractivity contribution in [3.63, 3.8) is 0 Å². The highest BCUT2D eigenvalue weighted by Crippen LogP contribution is 2.22. The molecule has 0 saturated carbocycles. The maximum atomic E-state index is 13.3. The van der Waals surface area contributed by atoms with E-state index in [0.717, 1.165) is 5.56 Å². The minimum Gasteiger partial charge on any atom is -0.385 e. The fraction of sp³-hybridized carbons (Fsp3) is 0.500. The highest BCUT2D eigenvalue weighted by Gasteiger charge is 2.43. The summed E-state index contributed by atoms with van der Waals surface area (Å²) in [7, 11) is 0. The van der Waals surface area contributed by atoms with Crippen molar-refractivity contribution in [1.82, 2.24) is 0 Å². The van der Waals surface area contributed by atoms with E-state index in [-0.39, 0.29) is 6.61 Å². The highest BCUT2D eigenvalue weighted by atomic mass is 19.1. The Labute approximate surface area is 98.6 Å². The molecule has 0 bridgehead atoms. The van der Waals surface area contributed by atoms with Crippen LogP contribution >= 0.6 is 0 Å². The van der Waals surface area contributed by atoms with Crippen molar-refractivity contribution >= 4 is 0 Å². The Balaban J connectivity index is 1.76. The van der Waals surface area contributed by atoms with Gasteiger partial charge in [0.25, 0.3) is 0 Å². The Morgan fingerprint density at radius 1 is 1.24 bits per heavy atom. The summed E-state index contributed by atoms with van der Waals surface area (Å²) < 4.78 is 23.5. The van der Waals surface area contributed by atoms with E-state index in [1.807, 2.05) is 30.3 Å². The maximum absolute atomic E-state index is 13.3. The zero-order valence-electron chi connectivity index (χ0n) is 9.20. The SMILES string of the molecule is OC1O[C@H](COCc2ccccc2)[C@@H](F)[C@H]1O. The average molecular weight is 242 g/mol. The molecule has 1 unspecified atom stereocenters. The molecule has 1 fully saturated rings. The third-order valence-electron chi connectivity index (χ3n) is 2.68. The molecule has 1 heterocycles. The van der Waals surface area contributed by atoms with Crippen molar-refractivity contribution in [2.24, 2.45) is 0 Å². The first-order valence-electron chi connectivity index (χ1n) is 5.46. The van der Waals surface area contributed by atoms with Crippen molar-refractivity contribution in [3.05, 3.63) is 35.9 Å². The van der Waals surface area contributed by atoms with E-state index in [1.165, 1.54) is 0 Å². The van der Waals surface area contributed by atoms with E-state index in [2.05, 4.69) is 0 Å². The first-order valence-corrected chi connectivity index (χ1v) is 5.46. The van der Waals surface area contributed by atoms with Gasteiger partial charge in [-0.3, -0.25) is 0 Å². The van der Waals surface area contributed by atoms with Crippen LogP contribution < -0.4 is 0 Å². The molecular weight excluding hydrogens is 227 g/mol. The van der Waals surface area contributed by atoms with Crippen LogP contribution in [0.25, 0.3) is 0 Å². The Morgan fingerprint density at radius 2 is 1.94 bits per heavy atom. The van der Waals surface area contributed by atoms with Gasteiger partial charge in [-0.1, -0.05) is 30.3 Å². The number of hydrogen-bond acceptors (Lipinski definition) is 4. The molecule has 0 aliphatic carbocycles. The van der Waals surface area contributed by atoms with Crippen LogP contribution in [0.4, 0.5) is 4.39 Å². The molecule has 1 aliphatic rings. The van der Waals surface area contributed by atoms with Crippen molar-refractivity contribution < 1.29 is 24.1 Å². The van der Waals surface area contributed by atoms with Crippen LogP contribution in [0.15, 0.2) is 30.3 Å². The molecule has 2 N–H and O–H groups in total. The summed E-state index contributed by atoms with van der Waals surface area (Å²) in [6.45, 7) is 0.351. The predicted octanol–water partition coefficient (Wildman–Crippen LogP) is 0.619. The van der Waals surface area contributed by atoms with Gasteiger partial charge in [0, 0.05) is 0 Å². The van der Waals surface area contributed by atoms with Crippen LogP contribution in [0.1, 0.15) is 5.56 Å². The molecule has 1 saturated heterocycles. The van der Waals surface area contributed by atoms with Gasteiger partial charge in [-0.05, 0) is 5.56 Å². The van der Waals surface area contributed by atoms with Crippen LogP contribution in [0.2, 0.25) is 0 Å². The number of halogens is 1. The van der Waals surface area contributed by atoms with Crippen LogP contribution in [-0.2, 0) is 16.1 Å². The van der Waals surface area contributed by atoms with Gasteiger partial charge in [-0.15, -0.1) is 0 Å². The monoisotopic (exact) mass is 242 g/mol. The molecule has 0 aromatic heterocycles. The van der Waals surface area contributed by atoms with Gasteiger partial charge < -0.3 is 19.7 Å². The third kappa shape index (κ3) is 3.01. The van der Waals surface area contributed by atoms with E-state index in [4.69, 9.17) is 19.7 Å². The molecule has 2 rings (SSSR count). The lowest BCUT2D eigenvalue weighted by atomic mass is 10.2. The predicted molar refractivity (Wildman–Crippen MR) is 57.9 cm³/mol. The first-order chi connectivity index (χ1) is 8.18. The molecule has 0 spiro atoms. The fourth-order valence-electron chi connectivity index (χ4n) is 1.71. The van der Waals surface area contributed by atoms with Gasteiger partial charge in [-0.2, -0.15) is 0 Å². The number of aliphatic hydroxyl groups is 2. The standard InChI is InChI=1S/C12H15FO4/c13-10-9(17-12(15)11(10)14)7-16-6-8-4-2-1-3-5-8/h1-5,9-12,14-15H,6-7H2/t9-,10-,11-,12?/m1/s1. The van der Waals surface area contributed by atoms with Crippen molar-refractivity contribution in [2.75, 3.05) is 6.61 Å². The van der Waals surface area contributed by atoms with Crippen LogP contribution in [0.3, 0.4) is 0 Å². The summed E-state index contributed by atoms with van der Waals surface area (Å²) in [5, 5.41) is 18.2. The fourth-order valence-corrected chi connectivity index (χ4v) is 1.71. The molecule has 4 atom stereocenters. The molecule has 1 aliphatic heterocycles. The molecular formula is C12H15FO4. The van der Waals surface area contributed by atoms with Gasteiger partial charge >= 0.3 is 0 Å². The lowest BCUT2D eigenvalue weighted by Crippen LogP contribution is -2.30. The minimum absolute atomic E-state index is 0.00415. The number of alkyl halides is 1. The first kappa shape index (κ1) is 12.4. The normalized spacial score (nSPS) is 32.9. The average Bonchev–Trinajstić information content (AvgIpc) is 2.59. The molecule has 4 nitrogen and oxygen atoms in total. The summed E-state index contributed by atoms with van der Waals surface area (Å²) in [6.07, 6.45) is -5.47. The summed E-state index contributed by atoms with van der Waals surface area (Å²) in [5.74, 6) is 0. The molecule has 1 aromatic carbocycles. The molecule has 94 valence electrons. The van der Waals surface area contributed by atoms with Crippen LogP contribution in [0, 0.1) is 0 Å². The summed E-state index contributed by atoms with van der Waals surface area (Å²) in [6, 6.07) is 9.46. The number of benzene rings is 1. The summed E-state index contributed by atoms with van der Waals surface area (Å²) >= 11 is 0. The summed E-state index contributed by atoms with van der Waals surface area (Å²) in [5.41, 5.74) is 0.974. The van der Waals surface area contributed by atoms with Crippen molar-refractivity contribution in [3.8, 4) is 0 Å². The number of hydrogen-bond donors (Lipinski definition) is 2. The molecule has 17 heavy (non-hydrogen) atoms. The van der Waals surface area contributed by atoms with E-state index < -0.39 is 24.7 Å². The second-order valence-electron chi connectivity index (χ2n) is 4.00. The second-order valence-corrected chi connectivity index (χ2v) is 4.00. The number of ether oxygens (including phenoxy) is 2. The second kappa shape index (κ2) is 5.55. The summed E-state index contributed by atoms with van der Waals surface area (Å²) in [4.78, 5) is 0. The molecule has 0 radical (unpaired) electrons. The van der Waals surface area contributed by atoms with Gasteiger partial charge in [0.2, 0.25) is 0 Å². The largest absolute Gasteiger partial charge is 0.385 e. The molecule has 5 heteroatoms. The topological polar surface area (TPSA) is 58.9 Å². The number of aliphatic hydroxyl groups excluding tert-OH is 2. The van der Waals surface area contributed by atoms with Crippen LogP contribution in [-0.4, -0.2) is 41.5 Å². The van der Waals surface area contributed by atoms with Crippen molar-refractivity contribution in [2.45, 2.75) is 31.3 Å². The lowest BCUT2D eigenvalue weighted by molar-refractivity contribution is -0.137. The van der Waals surface area contributed by atoms with Crippen LogP contribution in [0.5, 0.6) is 0 Å². The van der Waals surface area contributed by atoms with Gasteiger partial charge in [0.1, 0.15) is 12.2 Å². The Morgan fingerprint density at radius 3 is 2.53 bits per heavy atom.